The van der Waals surface area contributed by atoms with Gasteiger partial charge in [-0.3, -0.25) is 14.2 Å². The van der Waals surface area contributed by atoms with Crippen molar-refractivity contribution in [2.45, 2.75) is 13.0 Å². The van der Waals surface area contributed by atoms with Crippen molar-refractivity contribution in [3.05, 3.63) is 112 Å². The largest absolute Gasteiger partial charge is 0.381 e. The molecule has 4 heterocycles. The number of anilines is 1. The molecule has 0 aliphatic carbocycles. The number of nitrogens with one attached hydrogen (secondary N) is 1. The quantitative estimate of drug-likeness (QED) is 0.348. The number of carbonyl (C=O) groups is 1. The van der Waals surface area contributed by atoms with E-state index in [1.807, 2.05) is 79.0 Å². The van der Waals surface area contributed by atoms with Gasteiger partial charge in [0, 0.05) is 34.2 Å². The summed E-state index contributed by atoms with van der Waals surface area (Å²) in [4.78, 5) is 32.8. The number of nitrogens with two attached hydrogens (primary N) is 1. The van der Waals surface area contributed by atoms with Crippen molar-refractivity contribution in [2.75, 3.05) is 5.73 Å². The fourth-order valence-corrected chi connectivity index (χ4v) is 5.40. The monoisotopic (exact) mass is 506 g/mol. The van der Waals surface area contributed by atoms with Crippen LogP contribution in [0.5, 0.6) is 0 Å². The maximum absolute atomic E-state index is 14.1. The van der Waals surface area contributed by atoms with Crippen LogP contribution in [0.3, 0.4) is 0 Å². The lowest BCUT2D eigenvalue weighted by Crippen LogP contribution is -2.32. The molecule has 0 bridgehead atoms. The number of hydrogen-bond acceptors (Lipinski definition) is 6. The van der Waals surface area contributed by atoms with Gasteiger partial charge in [0.2, 0.25) is 0 Å². The second kappa shape index (κ2) is 9.03. The average molecular weight is 507 g/mol. The number of nitrogens with zero attached hydrogens (tertiary/aromatic N) is 4. The molecule has 1 amide bonds. The van der Waals surface area contributed by atoms with Crippen LogP contribution in [0.1, 0.15) is 29.0 Å². The Morgan fingerprint density at radius 1 is 1.05 bits per heavy atom. The first-order chi connectivity index (χ1) is 18.0. The van der Waals surface area contributed by atoms with Crippen LogP contribution in [-0.2, 0) is 0 Å². The summed E-state index contributed by atoms with van der Waals surface area (Å²) in [5.74, 6) is -0.332. The maximum atomic E-state index is 14.1. The second-order valence-corrected chi connectivity index (χ2v) is 9.58. The van der Waals surface area contributed by atoms with Gasteiger partial charge in [-0.2, -0.15) is 0 Å². The minimum atomic E-state index is -0.534. The lowest BCUT2D eigenvalue weighted by atomic mass is 10.0. The van der Waals surface area contributed by atoms with Gasteiger partial charge in [0.05, 0.1) is 11.4 Å². The molecule has 9 heteroatoms. The Balaban J connectivity index is 1.51. The molecule has 4 aromatic heterocycles. The number of para-hydroxylation sites is 1. The Hall–Kier alpha value is -4.76. The van der Waals surface area contributed by atoms with Crippen LogP contribution in [-0.4, -0.2) is 25.1 Å². The molecule has 0 unspecified atom stereocenters. The van der Waals surface area contributed by atoms with Gasteiger partial charge in [0.25, 0.3) is 11.5 Å². The molecule has 0 spiro atoms. The van der Waals surface area contributed by atoms with Crippen molar-refractivity contribution in [1.29, 1.82) is 0 Å². The number of fused-ring (bicyclic) bond motifs is 2. The van der Waals surface area contributed by atoms with E-state index >= 15 is 0 Å². The van der Waals surface area contributed by atoms with E-state index in [9.17, 15) is 9.59 Å². The van der Waals surface area contributed by atoms with Gasteiger partial charge in [0.1, 0.15) is 5.56 Å². The molecule has 0 aliphatic rings. The van der Waals surface area contributed by atoms with Gasteiger partial charge < -0.3 is 11.1 Å². The van der Waals surface area contributed by atoms with Crippen molar-refractivity contribution in [2.24, 2.45) is 0 Å². The third-order valence-electron chi connectivity index (χ3n) is 6.32. The number of nitrogen functional groups attached to an aromatic ring is 1. The Labute approximate surface area is 215 Å². The molecule has 0 saturated carbocycles. The van der Waals surface area contributed by atoms with Gasteiger partial charge in [-0.1, -0.05) is 42.5 Å². The van der Waals surface area contributed by atoms with Gasteiger partial charge >= 0.3 is 0 Å². The Morgan fingerprint density at radius 2 is 1.89 bits per heavy atom. The van der Waals surface area contributed by atoms with Gasteiger partial charge in [-0.05, 0) is 48.0 Å². The number of carbonyl (C=O) groups excluding carboxylic acids is 1. The minimum Gasteiger partial charge on any atom is -0.381 e. The number of hydrogen-bond donors (Lipinski definition) is 2. The Kier molecular flexibility index (Phi) is 5.54. The molecule has 0 saturated heterocycles. The van der Waals surface area contributed by atoms with Crippen molar-refractivity contribution in [1.82, 2.24) is 24.5 Å². The summed E-state index contributed by atoms with van der Waals surface area (Å²) in [6.07, 6.45) is 3.26. The maximum Gasteiger partial charge on any atom is 0.263 e. The number of amides is 1. The highest BCUT2D eigenvalue weighted by Gasteiger charge is 2.24. The number of aromatic nitrogens is 4. The predicted octanol–water partition coefficient (Wildman–Crippen LogP) is 4.84. The van der Waals surface area contributed by atoms with Crippen LogP contribution in [0.25, 0.3) is 32.5 Å². The SMILES string of the molecule is C[C@H](NC(=O)c1c(N)nn2cccnc12)c1cc2cccc(-c3cccs3)c2c(=O)n1-c1ccccc1. The second-order valence-electron chi connectivity index (χ2n) is 8.64. The van der Waals surface area contributed by atoms with E-state index in [1.54, 1.807) is 34.4 Å². The fraction of sp³-hybridized carbons (Fsp3) is 0.0714. The van der Waals surface area contributed by atoms with E-state index in [2.05, 4.69) is 15.4 Å². The number of benzene rings is 2. The van der Waals surface area contributed by atoms with E-state index in [-0.39, 0.29) is 16.9 Å². The van der Waals surface area contributed by atoms with Crippen molar-refractivity contribution in [3.8, 4) is 16.1 Å². The van der Waals surface area contributed by atoms with Crippen molar-refractivity contribution >= 4 is 39.5 Å². The lowest BCUT2D eigenvalue weighted by molar-refractivity contribution is 0.0941. The number of thiophene rings is 1. The molecule has 0 fully saturated rings. The molecule has 3 N–H and O–H groups in total. The molecule has 1 atom stereocenters. The smallest absolute Gasteiger partial charge is 0.263 e. The fourth-order valence-electron chi connectivity index (χ4n) is 4.65. The molecule has 0 radical (unpaired) electrons. The third kappa shape index (κ3) is 3.85. The van der Waals surface area contributed by atoms with E-state index in [1.165, 1.54) is 4.52 Å². The highest BCUT2D eigenvalue weighted by Crippen LogP contribution is 2.32. The van der Waals surface area contributed by atoms with Crippen LogP contribution in [0.2, 0.25) is 0 Å². The van der Waals surface area contributed by atoms with Crippen LogP contribution in [0, 0.1) is 0 Å². The zero-order chi connectivity index (χ0) is 25.5. The highest BCUT2D eigenvalue weighted by molar-refractivity contribution is 7.13. The van der Waals surface area contributed by atoms with Crippen LogP contribution >= 0.6 is 11.3 Å². The first kappa shape index (κ1) is 22.7. The molecule has 6 rings (SSSR count). The molecular formula is C28H22N6O2S. The summed E-state index contributed by atoms with van der Waals surface area (Å²) in [5.41, 5.74) is 8.71. The lowest BCUT2D eigenvalue weighted by Gasteiger charge is -2.21. The molecule has 8 nitrogen and oxygen atoms in total. The summed E-state index contributed by atoms with van der Waals surface area (Å²) in [6, 6.07) is 22.4. The average Bonchev–Trinajstić information content (AvgIpc) is 3.56. The topological polar surface area (TPSA) is 107 Å². The molecule has 182 valence electrons. The molecule has 2 aromatic carbocycles. The summed E-state index contributed by atoms with van der Waals surface area (Å²) < 4.78 is 3.14. The third-order valence-corrected chi connectivity index (χ3v) is 7.22. The van der Waals surface area contributed by atoms with Crippen LogP contribution in [0.15, 0.2) is 95.4 Å². The number of pyridine rings is 1. The zero-order valence-electron chi connectivity index (χ0n) is 19.8. The standard InChI is InChI=1S/C28H22N6O2S/c1-17(31-27(35)24-25(29)32-33-14-7-13-30-26(24)33)21-16-18-8-5-11-20(22-12-6-15-37-22)23(18)28(36)34(21)19-9-3-2-4-10-19/h2-17H,1H3,(H2,29,32)(H,31,35)/t17-/m0/s1. The summed E-state index contributed by atoms with van der Waals surface area (Å²) in [7, 11) is 0. The molecular weight excluding hydrogens is 484 g/mol. The van der Waals surface area contributed by atoms with Gasteiger partial charge in [-0.25, -0.2) is 9.50 Å². The molecule has 6 aromatic rings. The van der Waals surface area contributed by atoms with Gasteiger partial charge in [0.15, 0.2) is 11.5 Å². The highest BCUT2D eigenvalue weighted by atomic mass is 32.1. The first-order valence-corrected chi connectivity index (χ1v) is 12.6. The van der Waals surface area contributed by atoms with Crippen LogP contribution in [0.4, 0.5) is 5.82 Å². The van der Waals surface area contributed by atoms with E-state index in [0.29, 0.717) is 22.4 Å². The summed E-state index contributed by atoms with van der Waals surface area (Å²) >= 11 is 1.59. The molecule has 37 heavy (non-hydrogen) atoms. The van der Waals surface area contributed by atoms with Crippen LogP contribution < -0.4 is 16.6 Å². The van der Waals surface area contributed by atoms with E-state index < -0.39 is 11.9 Å². The Bertz CT molecular complexity index is 1820. The normalized spacial score (nSPS) is 12.1. The summed E-state index contributed by atoms with van der Waals surface area (Å²) in [5, 5.41) is 10.6. The zero-order valence-corrected chi connectivity index (χ0v) is 20.6. The Morgan fingerprint density at radius 3 is 2.68 bits per heavy atom. The van der Waals surface area contributed by atoms with Crippen molar-refractivity contribution in [3.63, 3.8) is 0 Å². The van der Waals surface area contributed by atoms with Crippen molar-refractivity contribution < 1.29 is 4.79 Å². The number of rotatable bonds is 5. The minimum absolute atomic E-state index is 0.0861. The van der Waals surface area contributed by atoms with E-state index in [0.717, 1.165) is 15.8 Å². The van der Waals surface area contributed by atoms with E-state index in [4.69, 9.17) is 5.73 Å². The molecule has 0 aliphatic heterocycles. The summed E-state index contributed by atoms with van der Waals surface area (Å²) in [6.45, 7) is 1.84. The first-order valence-electron chi connectivity index (χ1n) is 11.7. The van der Waals surface area contributed by atoms with Gasteiger partial charge in [-0.15, -0.1) is 16.4 Å². The predicted molar refractivity (Wildman–Crippen MR) is 146 cm³/mol.